The fourth-order valence-corrected chi connectivity index (χ4v) is 5.27. The lowest BCUT2D eigenvalue weighted by Crippen LogP contribution is -2.31. The monoisotopic (exact) mass is 488 g/mol. The average molecular weight is 489 g/mol. The molecule has 3 amide bonds. The molecule has 0 bridgehead atoms. The van der Waals surface area contributed by atoms with E-state index in [2.05, 4.69) is 0 Å². The lowest BCUT2D eigenvalue weighted by Gasteiger charge is -2.22. The first-order valence-electron chi connectivity index (χ1n) is 12.3. The summed E-state index contributed by atoms with van der Waals surface area (Å²) in [5.74, 6) is -1.25. The SMILES string of the molecule is CCOc1ccc(N2C[C@@H](C(=O)Oc3ccc(N4C(=O)[C@H]5[C@@H](C)C=CC[C@H]5C4=O)cc3)CC2=O)cc1. The summed E-state index contributed by atoms with van der Waals surface area (Å²) in [6.07, 6.45) is 4.59. The van der Waals surface area contributed by atoms with Crippen LogP contribution in [0.5, 0.6) is 11.5 Å². The second kappa shape index (κ2) is 9.60. The smallest absolute Gasteiger partial charge is 0.316 e. The van der Waals surface area contributed by atoms with Crippen molar-refractivity contribution in [2.45, 2.75) is 26.7 Å². The van der Waals surface area contributed by atoms with Crippen LogP contribution in [-0.4, -0.2) is 36.8 Å². The standard InChI is InChI=1S/C28H28N2O6/c1-3-35-21-11-7-19(8-12-21)29-16-18(15-24(29)31)28(34)36-22-13-9-20(10-14-22)30-26(32)23-6-4-5-17(2)25(23)27(30)33/h4-5,7-14,17-18,23,25H,3,6,15-16H2,1-2H3/t17-,18-,23+,25-/m0/s1. The van der Waals surface area contributed by atoms with E-state index in [0.717, 1.165) is 5.75 Å². The number of carbonyl (C=O) groups is 4. The van der Waals surface area contributed by atoms with Gasteiger partial charge in [0.05, 0.1) is 30.0 Å². The molecule has 1 aliphatic carbocycles. The molecule has 8 heteroatoms. The normalized spacial score (nSPS) is 25.3. The summed E-state index contributed by atoms with van der Waals surface area (Å²) in [4.78, 5) is 54.0. The number of carbonyl (C=O) groups excluding carboxylic acids is 4. The second-order valence-corrected chi connectivity index (χ2v) is 9.41. The van der Waals surface area contributed by atoms with Crippen LogP contribution in [0.1, 0.15) is 26.7 Å². The zero-order valence-corrected chi connectivity index (χ0v) is 20.3. The predicted molar refractivity (Wildman–Crippen MR) is 133 cm³/mol. The molecule has 2 saturated heterocycles. The van der Waals surface area contributed by atoms with Crippen molar-refractivity contribution in [2.75, 3.05) is 23.0 Å². The number of hydrogen-bond donors (Lipinski definition) is 0. The molecule has 0 aromatic heterocycles. The average Bonchev–Trinajstić information content (AvgIpc) is 3.38. The van der Waals surface area contributed by atoms with E-state index in [9.17, 15) is 19.2 Å². The maximum absolute atomic E-state index is 13.0. The van der Waals surface area contributed by atoms with Gasteiger partial charge < -0.3 is 14.4 Å². The van der Waals surface area contributed by atoms with Gasteiger partial charge in [0.15, 0.2) is 0 Å². The predicted octanol–water partition coefficient (Wildman–Crippen LogP) is 3.75. The summed E-state index contributed by atoms with van der Waals surface area (Å²) in [7, 11) is 0. The molecule has 0 spiro atoms. The van der Waals surface area contributed by atoms with E-state index >= 15 is 0 Å². The highest BCUT2D eigenvalue weighted by atomic mass is 16.5. The van der Waals surface area contributed by atoms with E-state index in [0.29, 0.717) is 30.2 Å². The van der Waals surface area contributed by atoms with Crippen LogP contribution in [0.3, 0.4) is 0 Å². The first-order valence-corrected chi connectivity index (χ1v) is 12.3. The van der Waals surface area contributed by atoms with Gasteiger partial charge in [-0.3, -0.25) is 24.1 Å². The van der Waals surface area contributed by atoms with E-state index in [-0.39, 0.29) is 48.4 Å². The Kier molecular flexibility index (Phi) is 6.35. The third-order valence-electron chi connectivity index (χ3n) is 7.10. The van der Waals surface area contributed by atoms with E-state index in [1.165, 1.54) is 4.90 Å². The van der Waals surface area contributed by atoms with Gasteiger partial charge in [0.25, 0.3) is 0 Å². The van der Waals surface area contributed by atoms with E-state index in [1.807, 2.05) is 26.0 Å². The van der Waals surface area contributed by atoms with Crippen LogP contribution >= 0.6 is 0 Å². The summed E-state index contributed by atoms with van der Waals surface area (Å²) in [5.41, 5.74) is 1.16. The van der Waals surface area contributed by atoms with Crippen LogP contribution < -0.4 is 19.3 Å². The lowest BCUT2D eigenvalue weighted by atomic mass is 9.78. The van der Waals surface area contributed by atoms with Crippen molar-refractivity contribution in [1.29, 1.82) is 0 Å². The van der Waals surface area contributed by atoms with Crippen molar-refractivity contribution in [1.82, 2.24) is 0 Å². The summed E-state index contributed by atoms with van der Waals surface area (Å²) in [5, 5.41) is 0. The number of amides is 3. The van der Waals surface area contributed by atoms with Crippen molar-refractivity contribution in [3.05, 3.63) is 60.7 Å². The number of allylic oxidation sites excluding steroid dienone is 2. The van der Waals surface area contributed by atoms with Gasteiger partial charge in [0, 0.05) is 18.7 Å². The molecule has 3 aliphatic rings. The molecule has 8 nitrogen and oxygen atoms in total. The lowest BCUT2D eigenvalue weighted by molar-refractivity contribution is -0.139. The number of esters is 1. The zero-order valence-electron chi connectivity index (χ0n) is 20.3. The molecule has 36 heavy (non-hydrogen) atoms. The van der Waals surface area contributed by atoms with E-state index in [4.69, 9.17) is 9.47 Å². The molecule has 0 unspecified atom stereocenters. The topological polar surface area (TPSA) is 93.2 Å². The highest BCUT2D eigenvalue weighted by Crippen LogP contribution is 2.40. The van der Waals surface area contributed by atoms with Gasteiger partial charge in [0.1, 0.15) is 11.5 Å². The third-order valence-corrected chi connectivity index (χ3v) is 7.10. The molecule has 4 atom stereocenters. The highest BCUT2D eigenvalue weighted by molar-refractivity contribution is 6.22. The van der Waals surface area contributed by atoms with Gasteiger partial charge >= 0.3 is 5.97 Å². The number of hydrogen-bond acceptors (Lipinski definition) is 6. The molecule has 2 fully saturated rings. The largest absolute Gasteiger partial charge is 0.494 e. The van der Waals surface area contributed by atoms with Gasteiger partial charge in [0.2, 0.25) is 17.7 Å². The summed E-state index contributed by atoms with van der Waals surface area (Å²) >= 11 is 0. The second-order valence-electron chi connectivity index (χ2n) is 9.41. The zero-order chi connectivity index (χ0) is 25.4. The van der Waals surface area contributed by atoms with Crippen LogP contribution in [0, 0.1) is 23.7 Å². The summed E-state index contributed by atoms with van der Waals surface area (Å²) in [6.45, 7) is 4.64. The van der Waals surface area contributed by atoms with Crippen molar-refractivity contribution < 1.29 is 28.7 Å². The number of benzene rings is 2. The van der Waals surface area contributed by atoms with Gasteiger partial charge in [-0.25, -0.2) is 0 Å². The Morgan fingerprint density at radius 2 is 1.61 bits per heavy atom. The molecule has 186 valence electrons. The van der Waals surface area contributed by atoms with Crippen LogP contribution in [0.15, 0.2) is 60.7 Å². The summed E-state index contributed by atoms with van der Waals surface area (Å²) < 4.78 is 11.0. The first kappa shape index (κ1) is 23.8. The van der Waals surface area contributed by atoms with Gasteiger partial charge in [-0.2, -0.15) is 0 Å². The Morgan fingerprint density at radius 1 is 0.944 bits per heavy atom. The van der Waals surface area contributed by atoms with Crippen LogP contribution in [0.2, 0.25) is 0 Å². The van der Waals surface area contributed by atoms with Gasteiger partial charge in [-0.05, 0) is 67.8 Å². The molecule has 2 aliphatic heterocycles. The molecule has 2 aromatic rings. The quantitative estimate of drug-likeness (QED) is 0.266. The Hall–Kier alpha value is -3.94. The van der Waals surface area contributed by atoms with E-state index < -0.39 is 11.9 Å². The number of ether oxygens (including phenoxy) is 2. The minimum absolute atomic E-state index is 0.0155. The molecule has 2 aromatic carbocycles. The van der Waals surface area contributed by atoms with Crippen LogP contribution in [0.25, 0.3) is 0 Å². The molecular formula is C28H28N2O6. The molecule has 0 saturated carbocycles. The van der Waals surface area contributed by atoms with Gasteiger partial charge in [-0.15, -0.1) is 0 Å². The van der Waals surface area contributed by atoms with Crippen molar-refractivity contribution in [2.24, 2.45) is 23.7 Å². The van der Waals surface area contributed by atoms with Crippen molar-refractivity contribution in [3.63, 3.8) is 0 Å². The number of nitrogens with zero attached hydrogens (tertiary/aromatic N) is 2. The molecule has 0 radical (unpaired) electrons. The van der Waals surface area contributed by atoms with E-state index in [1.54, 1.807) is 53.4 Å². The minimum Gasteiger partial charge on any atom is -0.494 e. The Balaban J connectivity index is 1.22. The Morgan fingerprint density at radius 3 is 2.28 bits per heavy atom. The number of anilines is 2. The fourth-order valence-electron chi connectivity index (χ4n) is 5.27. The molecule has 0 N–H and O–H groups in total. The Labute approximate surface area is 209 Å². The number of imide groups is 1. The fraction of sp³-hybridized carbons (Fsp3) is 0.357. The van der Waals surface area contributed by atoms with Crippen LogP contribution in [-0.2, 0) is 19.2 Å². The van der Waals surface area contributed by atoms with Crippen LogP contribution in [0.4, 0.5) is 11.4 Å². The maximum Gasteiger partial charge on any atom is 0.316 e. The summed E-state index contributed by atoms with van der Waals surface area (Å²) in [6, 6.07) is 13.5. The molecule has 2 heterocycles. The third kappa shape index (κ3) is 4.27. The maximum atomic E-state index is 13.0. The highest BCUT2D eigenvalue weighted by Gasteiger charge is 2.50. The minimum atomic E-state index is -0.595. The Bertz CT molecular complexity index is 1220. The molecular weight excluding hydrogens is 460 g/mol. The van der Waals surface area contributed by atoms with Crippen molar-refractivity contribution >= 4 is 35.1 Å². The number of fused-ring (bicyclic) bond motifs is 1. The van der Waals surface area contributed by atoms with Gasteiger partial charge in [-0.1, -0.05) is 19.1 Å². The first-order chi connectivity index (χ1) is 17.4. The molecule has 5 rings (SSSR count). The number of rotatable bonds is 6. The van der Waals surface area contributed by atoms with Crippen molar-refractivity contribution in [3.8, 4) is 11.5 Å².